The third kappa shape index (κ3) is 4.40. The van der Waals surface area contributed by atoms with Gasteiger partial charge in [0, 0.05) is 6.07 Å². The molecule has 1 aliphatic heterocycles. The molecular weight excluding hydrogens is 388 g/mol. The Morgan fingerprint density at radius 3 is 2.44 bits per heavy atom. The molecule has 1 aromatic carbocycles. The van der Waals surface area contributed by atoms with Gasteiger partial charge in [0.25, 0.3) is 15.9 Å². The van der Waals surface area contributed by atoms with Crippen molar-refractivity contribution in [3.8, 4) is 17.6 Å². The Bertz CT molecular complexity index is 868. The maximum Gasteiger partial charge on any atom is 0.270 e. The number of hydrogen-bond donors (Lipinski definition) is 0. The molecule has 0 spiro atoms. The van der Waals surface area contributed by atoms with Gasteiger partial charge in [-0.2, -0.15) is 0 Å². The Labute approximate surface area is 166 Å². The van der Waals surface area contributed by atoms with Gasteiger partial charge in [0.1, 0.15) is 23.3 Å². The zero-order valence-corrected chi connectivity index (χ0v) is 17.7. The molecule has 6 nitrogen and oxygen atoms in total. The third-order valence-electron chi connectivity index (χ3n) is 4.48. The summed E-state index contributed by atoms with van der Waals surface area (Å²) < 4.78 is 31.5. The van der Waals surface area contributed by atoms with Gasteiger partial charge in [0.05, 0.1) is 12.1 Å². The Morgan fingerprint density at radius 2 is 1.89 bits per heavy atom. The number of halogens is 1. The van der Waals surface area contributed by atoms with Crippen molar-refractivity contribution in [2.24, 2.45) is 0 Å². The number of amides is 1. The normalized spacial score (nSPS) is 15.1. The van der Waals surface area contributed by atoms with Crippen LogP contribution in [0.15, 0.2) is 17.0 Å². The van der Waals surface area contributed by atoms with Crippen LogP contribution in [0.25, 0.3) is 0 Å². The minimum absolute atomic E-state index is 0.0505. The standard InChI is InChI=1S/C19H25ClN2O4S/c1-5-21(6-2)9-7-8-10-26-15-11-16(14(3)4)18-17(12-15)27(24,25)22(13-20)19(18)23/h11-12,14H,5-6,9-10,13H2,1-4H3. The van der Waals surface area contributed by atoms with Crippen molar-refractivity contribution in [1.82, 2.24) is 9.21 Å². The van der Waals surface area contributed by atoms with Gasteiger partial charge in [0.2, 0.25) is 0 Å². The Balaban J connectivity index is 2.28. The largest absolute Gasteiger partial charge is 0.481 e. The fourth-order valence-corrected chi connectivity index (χ4v) is 4.74. The van der Waals surface area contributed by atoms with Crippen LogP contribution >= 0.6 is 11.6 Å². The van der Waals surface area contributed by atoms with E-state index in [9.17, 15) is 13.2 Å². The Kier molecular flexibility index (Phi) is 7.15. The van der Waals surface area contributed by atoms with Crippen LogP contribution in [0.2, 0.25) is 0 Å². The summed E-state index contributed by atoms with van der Waals surface area (Å²) in [5, 5.41) is 0. The molecule has 27 heavy (non-hydrogen) atoms. The van der Waals surface area contributed by atoms with E-state index in [0.717, 1.165) is 13.1 Å². The van der Waals surface area contributed by atoms with Crippen LogP contribution in [0.3, 0.4) is 0 Å². The van der Waals surface area contributed by atoms with Crippen molar-refractivity contribution in [2.45, 2.75) is 38.5 Å². The minimum Gasteiger partial charge on any atom is -0.481 e. The first kappa shape index (κ1) is 21.5. The van der Waals surface area contributed by atoms with E-state index in [2.05, 4.69) is 30.6 Å². The van der Waals surface area contributed by atoms with Crippen LogP contribution < -0.4 is 4.74 Å². The lowest BCUT2D eigenvalue weighted by atomic mass is 9.96. The van der Waals surface area contributed by atoms with Crippen molar-refractivity contribution in [3.63, 3.8) is 0 Å². The smallest absolute Gasteiger partial charge is 0.270 e. The van der Waals surface area contributed by atoms with Crippen molar-refractivity contribution in [1.29, 1.82) is 0 Å². The molecule has 0 fully saturated rings. The predicted octanol–water partition coefficient (Wildman–Crippen LogP) is 2.87. The lowest BCUT2D eigenvalue weighted by Crippen LogP contribution is -2.28. The van der Waals surface area contributed by atoms with Gasteiger partial charge in [-0.25, -0.2) is 12.7 Å². The van der Waals surface area contributed by atoms with E-state index in [4.69, 9.17) is 16.3 Å². The number of hydrogen-bond acceptors (Lipinski definition) is 5. The summed E-state index contributed by atoms with van der Waals surface area (Å²) in [6.45, 7) is 10.6. The highest BCUT2D eigenvalue weighted by Gasteiger charge is 2.43. The quantitative estimate of drug-likeness (QED) is 0.391. The second-order valence-electron chi connectivity index (χ2n) is 6.42. The van der Waals surface area contributed by atoms with E-state index in [1.165, 1.54) is 6.07 Å². The van der Waals surface area contributed by atoms with Crippen molar-refractivity contribution in [3.05, 3.63) is 23.3 Å². The molecule has 1 aliphatic rings. The molecule has 0 N–H and O–H groups in total. The first-order chi connectivity index (χ1) is 12.8. The van der Waals surface area contributed by atoms with E-state index in [-0.39, 0.29) is 23.0 Å². The molecule has 0 radical (unpaired) electrons. The van der Waals surface area contributed by atoms with Crippen LogP contribution in [0.4, 0.5) is 0 Å². The number of rotatable bonds is 7. The van der Waals surface area contributed by atoms with Crippen molar-refractivity contribution >= 4 is 27.5 Å². The number of benzene rings is 1. The maximum atomic E-state index is 12.6. The number of fused-ring (bicyclic) bond motifs is 1. The topological polar surface area (TPSA) is 66.9 Å². The van der Waals surface area contributed by atoms with Gasteiger partial charge >= 0.3 is 0 Å². The van der Waals surface area contributed by atoms with Crippen LogP contribution in [-0.2, 0) is 10.0 Å². The van der Waals surface area contributed by atoms with E-state index in [0.29, 0.717) is 22.2 Å². The predicted molar refractivity (Wildman–Crippen MR) is 106 cm³/mol. The molecular formula is C19H25ClN2O4S. The van der Waals surface area contributed by atoms with E-state index in [1.54, 1.807) is 6.07 Å². The fraction of sp³-hybridized carbons (Fsp3) is 0.526. The molecule has 0 bridgehead atoms. The van der Waals surface area contributed by atoms with Crippen molar-refractivity contribution in [2.75, 3.05) is 32.2 Å². The molecule has 0 aliphatic carbocycles. The number of nitrogens with zero attached hydrogens (tertiary/aromatic N) is 2. The molecule has 0 saturated carbocycles. The Hall–Kier alpha value is -1.75. The van der Waals surface area contributed by atoms with Gasteiger partial charge in [0.15, 0.2) is 0 Å². The summed E-state index contributed by atoms with van der Waals surface area (Å²) in [6.07, 6.45) is 0. The second kappa shape index (κ2) is 8.96. The molecule has 148 valence electrons. The molecule has 0 aromatic heterocycles. The summed E-state index contributed by atoms with van der Waals surface area (Å²) in [5.74, 6) is 5.71. The first-order valence-electron chi connectivity index (χ1n) is 8.89. The van der Waals surface area contributed by atoms with Gasteiger partial charge in [-0.1, -0.05) is 39.5 Å². The minimum atomic E-state index is -3.95. The van der Waals surface area contributed by atoms with E-state index < -0.39 is 21.9 Å². The molecule has 1 aromatic rings. The fourth-order valence-electron chi connectivity index (χ4n) is 2.84. The summed E-state index contributed by atoms with van der Waals surface area (Å²) in [7, 11) is -3.95. The molecule has 0 unspecified atom stereocenters. The SMILES string of the molecule is CCN(CC)CC#CCOc1cc(C(C)C)c2c(c1)S(=O)(=O)N(CCl)C2=O. The summed E-state index contributed by atoms with van der Waals surface area (Å²) >= 11 is 5.69. The summed E-state index contributed by atoms with van der Waals surface area (Å²) in [4.78, 5) is 14.6. The van der Waals surface area contributed by atoms with Gasteiger partial charge < -0.3 is 4.74 Å². The number of carbonyl (C=O) groups excluding carboxylic acids is 1. The average Bonchev–Trinajstić information content (AvgIpc) is 2.83. The number of ether oxygens (including phenoxy) is 1. The van der Waals surface area contributed by atoms with Gasteiger partial charge in [-0.15, -0.1) is 11.6 Å². The summed E-state index contributed by atoms with van der Waals surface area (Å²) in [6, 6.07) is 2.67. The van der Waals surface area contributed by atoms with E-state index in [1.807, 2.05) is 13.8 Å². The van der Waals surface area contributed by atoms with Crippen LogP contribution in [0, 0.1) is 11.8 Å². The van der Waals surface area contributed by atoms with Gasteiger partial charge in [-0.3, -0.25) is 9.69 Å². The average molecular weight is 413 g/mol. The van der Waals surface area contributed by atoms with Crippen LogP contribution in [0.1, 0.15) is 49.5 Å². The molecule has 2 rings (SSSR count). The molecule has 0 atom stereocenters. The highest BCUT2D eigenvalue weighted by molar-refractivity contribution is 7.90. The highest BCUT2D eigenvalue weighted by atomic mass is 35.5. The molecule has 8 heteroatoms. The highest BCUT2D eigenvalue weighted by Crippen LogP contribution is 2.38. The lowest BCUT2D eigenvalue weighted by molar-refractivity contribution is 0.0884. The number of sulfonamides is 1. The lowest BCUT2D eigenvalue weighted by Gasteiger charge is -2.13. The van der Waals surface area contributed by atoms with Crippen LogP contribution in [0.5, 0.6) is 5.75 Å². The first-order valence-corrected chi connectivity index (χ1v) is 10.9. The van der Waals surface area contributed by atoms with E-state index >= 15 is 0 Å². The zero-order chi connectivity index (χ0) is 20.2. The summed E-state index contributed by atoms with van der Waals surface area (Å²) in [5.41, 5.74) is 0.811. The second-order valence-corrected chi connectivity index (χ2v) is 8.49. The monoisotopic (exact) mass is 412 g/mol. The molecule has 1 heterocycles. The Morgan fingerprint density at radius 1 is 1.22 bits per heavy atom. The van der Waals surface area contributed by atoms with Gasteiger partial charge in [-0.05, 0) is 30.6 Å². The van der Waals surface area contributed by atoms with Crippen molar-refractivity contribution < 1.29 is 17.9 Å². The molecule has 1 amide bonds. The molecule has 0 saturated heterocycles. The number of carbonyl (C=O) groups is 1. The number of alkyl halides is 1. The zero-order valence-electron chi connectivity index (χ0n) is 16.1. The van der Waals surface area contributed by atoms with Crippen LogP contribution in [-0.4, -0.2) is 55.8 Å². The third-order valence-corrected chi connectivity index (χ3v) is 6.61. The maximum absolute atomic E-state index is 12.6.